The molecule has 4 N–H and O–H groups in total. The summed E-state index contributed by atoms with van der Waals surface area (Å²) in [5.41, 5.74) is 1.89. The molecule has 11 heteroatoms. The van der Waals surface area contributed by atoms with Crippen LogP contribution in [0.3, 0.4) is 0 Å². The first-order chi connectivity index (χ1) is 20.0. The zero-order valence-electron chi connectivity index (χ0n) is 23.2. The molecule has 0 bridgehead atoms. The molecule has 0 aliphatic heterocycles. The second kappa shape index (κ2) is 14.7. The van der Waals surface area contributed by atoms with Crippen LogP contribution in [0.25, 0.3) is 0 Å². The van der Waals surface area contributed by atoms with Crippen LogP contribution in [0, 0.1) is 5.92 Å². The highest BCUT2D eigenvalue weighted by atomic mass is 19.3. The second-order valence-electron chi connectivity index (χ2n) is 9.96. The predicted molar refractivity (Wildman–Crippen MR) is 151 cm³/mol. The number of amides is 3. The number of rotatable bonds is 14. The van der Waals surface area contributed by atoms with Gasteiger partial charge in [-0.1, -0.05) is 86.6 Å². The SMILES string of the molecule is CC(C)[C@H](NC(=O)O)C(=O)NC(Cc1ccc(OCc2ccccc2)cc1)C(=O)C(F)(F)C(=O)NCc1ccccc1. The van der Waals surface area contributed by atoms with Crippen LogP contribution in [0.1, 0.15) is 30.5 Å². The van der Waals surface area contributed by atoms with Gasteiger partial charge in [0.1, 0.15) is 18.4 Å². The van der Waals surface area contributed by atoms with E-state index < -0.39 is 47.6 Å². The Bertz CT molecular complexity index is 1350. The molecule has 1 unspecified atom stereocenters. The molecule has 3 amide bonds. The molecule has 3 aromatic carbocycles. The van der Waals surface area contributed by atoms with E-state index in [2.05, 4.69) is 10.6 Å². The van der Waals surface area contributed by atoms with Crippen molar-refractivity contribution in [2.24, 2.45) is 5.92 Å². The molecule has 0 aliphatic rings. The Morgan fingerprint density at radius 2 is 1.38 bits per heavy atom. The van der Waals surface area contributed by atoms with E-state index in [-0.39, 0.29) is 13.0 Å². The van der Waals surface area contributed by atoms with Crippen molar-refractivity contribution in [2.45, 2.75) is 51.4 Å². The van der Waals surface area contributed by atoms with Crippen molar-refractivity contribution in [1.82, 2.24) is 16.0 Å². The Kier molecular flexibility index (Phi) is 11.1. The van der Waals surface area contributed by atoms with E-state index in [1.54, 1.807) is 68.4 Å². The summed E-state index contributed by atoms with van der Waals surface area (Å²) in [5.74, 6) is -9.18. The van der Waals surface area contributed by atoms with E-state index >= 15 is 8.78 Å². The molecule has 42 heavy (non-hydrogen) atoms. The minimum Gasteiger partial charge on any atom is -0.489 e. The fourth-order valence-electron chi connectivity index (χ4n) is 4.06. The third kappa shape index (κ3) is 9.12. The first-order valence-electron chi connectivity index (χ1n) is 13.3. The van der Waals surface area contributed by atoms with Gasteiger partial charge < -0.3 is 25.8 Å². The smallest absolute Gasteiger partial charge is 0.405 e. The number of ether oxygens (including phenoxy) is 1. The number of nitrogens with one attached hydrogen (secondary N) is 3. The first-order valence-corrected chi connectivity index (χ1v) is 13.3. The van der Waals surface area contributed by atoms with Crippen LogP contribution in [0.15, 0.2) is 84.9 Å². The molecule has 0 aromatic heterocycles. The maximum atomic E-state index is 15.2. The summed E-state index contributed by atoms with van der Waals surface area (Å²) < 4.78 is 36.1. The van der Waals surface area contributed by atoms with Crippen LogP contribution in [0.2, 0.25) is 0 Å². The molecule has 0 radical (unpaired) electrons. The summed E-state index contributed by atoms with van der Waals surface area (Å²) in [6, 6.07) is 20.9. The van der Waals surface area contributed by atoms with E-state index in [0.717, 1.165) is 5.56 Å². The van der Waals surface area contributed by atoms with Gasteiger partial charge in [-0.25, -0.2) is 4.79 Å². The Labute approximate surface area is 242 Å². The molecule has 0 saturated heterocycles. The van der Waals surface area contributed by atoms with Gasteiger partial charge in [0.25, 0.3) is 5.91 Å². The van der Waals surface area contributed by atoms with Gasteiger partial charge >= 0.3 is 12.0 Å². The number of hydrogen-bond donors (Lipinski definition) is 4. The third-order valence-corrected chi connectivity index (χ3v) is 6.36. The van der Waals surface area contributed by atoms with Gasteiger partial charge in [0.05, 0.1) is 6.04 Å². The van der Waals surface area contributed by atoms with Crippen LogP contribution >= 0.6 is 0 Å². The van der Waals surface area contributed by atoms with E-state index in [0.29, 0.717) is 23.5 Å². The van der Waals surface area contributed by atoms with Crippen molar-refractivity contribution in [3.63, 3.8) is 0 Å². The molecule has 2 atom stereocenters. The number of Topliss-reactive ketones (excluding diaryl/α,β-unsaturated/α-hetero) is 1. The second-order valence-corrected chi connectivity index (χ2v) is 9.96. The predicted octanol–water partition coefficient (Wildman–Crippen LogP) is 4.11. The van der Waals surface area contributed by atoms with Crippen LogP contribution in [-0.4, -0.2) is 46.8 Å². The summed E-state index contributed by atoms with van der Waals surface area (Å²) in [6.07, 6.45) is -1.88. The average molecular weight is 582 g/mol. The number of halogens is 2. The molecule has 9 nitrogen and oxygen atoms in total. The highest BCUT2D eigenvalue weighted by Gasteiger charge is 2.50. The molecule has 0 heterocycles. The average Bonchev–Trinajstić information content (AvgIpc) is 2.98. The zero-order chi connectivity index (χ0) is 30.7. The number of carbonyl (C=O) groups is 4. The normalized spacial score (nSPS) is 12.6. The number of hydrogen-bond acceptors (Lipinski definition) is 5. The quantitative estimate of drug-likeness (QED) is 0.212. The minimum atomic E-state index is -4.49. The molecular weight excluding hydrogens is 548 g/mol. The lowest BCUT2D eigenvalue weighted by atomic mass is 9.96. The maximum absolute atomic E-state index is 15.2. The van der Waals surface area contributed by atoms with E-state index in [1.807, 2.05) is 35.6 Å². The third-order valence-electron chi connectivity index (χ3n) is 6.36. The molecular formula is C31H33F2N3O6. The van der Waals surface area contributed by atoms with Crippen LogP contribution < -0.4 is 20.7 Å². The van der Waals surface area contributed by atoms with Gasteiger partial charge in [0, 0.05) is 13.0 Å². The Morgan fingerprint density at radius 1 is 0.810 bits per heavy atom. The topological polar surface area (TPSA) is 134 Å². The number of alkyl halides is 2. The Hall–Kier alpha value is -4.80. The minimum absolute atomic E-state index is 0.234. The summed E-state index contributed by atoms with van der Waals surface area (Å²) in [5, 5.41) is 15.5. The molecule has 0 aliphatic carbocycles. The standard InChI is InChI=1S/C31H33F2N3O6/c1-20(2)26(36-30(40)41)28(38)35-25(27(37)31(32,33)29(39)34-18-22-9-5-3-6-10-22)17-21-13-15-24(16-14-21)42-19-23-11-7-4-8-12-23/h3-16,20,25-26,36H,17-19H2,1-2H3,(H,34,39)(H,35,38)(H,40,41)/t25?,26-/m0/s1. The van der Waals surface area contributed by atoms with Crippen molar-refractivity contribution < 1.29 is 37.8 Å². The summed E-state index contributed by atoms with van der Waals surface area (Å²) in [6.45, 7) is 3.17. The van der Waals surface area contributed by atoms with Gasteiger partial charge in [-0.05, 0) is 34.7 Å². The maximum Gasteiger partial charge on any atom is 0.405 e. The largest absolute Gasteiger partial charge is 0.489 e. The summed E-state index contributed by atoms with van der Waals surface area (Å²) in [4.78, 5) is 49.7. The van der Waals surface area contributed by atoms with Gasteiger partial charge in [-0.2, -0.15) is 8.78 Å². The van der Waals surface area contributed by atoms with Crippen LogP contribution in [0.4, 0.5) is 13.6 Å². The summed E-state index contributed by atoms with van der Waals surface area (Å²) in [7, 11) is 0. The van der Waals surface area contributed by atoms with Crippen molar-refractivity contribution >= 4 is 23.7 Å². The number of carbonyl (C=O) groups excluding carboxylic acids is 3. The fourth-order valence-corrected chi connectivity index (χ4v) is 4.06. The Balaban J connectivity index is 1.78. The Morgan fingerprint density at radius 3 is 1.93 bits per heavy atom. The number of carboxylic acid groups (broad SMARTS) is 1. The zero-order valence-corrected chi connectivity index (χ0v) is 23.2. The monoisotopic (exact) mass is 581 g/mol. The highest BCUT2D eigenvalue weighted by molar-refractivity contribution is 6.10. The number of ketones is 1. The lowest BCUT2D eigenvalue weighted by Crippen LogP contribution is -2.58. The van der Waals surface area contributed by atoms with Crippen LogP contribution in [0.5, 0.6) is 5.75 Å². The number of benzene rings is 3. The van der Waals surface area contributed by atoms with E-state index in [4.69, 9.17) is 9.84 Å². The lowest BCUT2D eigenvalue weighted by molar-refractivity contribution is -0.160. The molecule has 0 fully saturated rings. The molecule has 3 aromatic rings. The van der Waals surface area contributed by atoms with E-state index in [1.165, 1.54) is 0 Å². The summed E-state index contributed by atoms with van der Waals surface area (Å²) >= 11 is 0. The van der Waals surface area contributed by atoms with Gasteiger partial charge in [-0.3, -0.25) is 14.4 Å². The van der Waals surface area contributed by atoms with Crippen LogP contribution in [-0.2, 0) is 34.0 Å². The lowest BCUT2D eigenvalue weighted by Gasteiger charge is -2.26. The van der Waals surface area contributed by atoms with Gasteiger partial charge in [0.15, 0.2) is 0 Å². The van der Waals surface area contributed by atoms with E-state index in [9.17, 15) is 19.2 Å². The van der Waals surface area contributed by atoms with Crippen molar-refractivity contribution in [3.8, 4) is 5.75 Å². The van der Waals surface area contributed by atoms with Crippen molar-refractivity contribution in [1.29, 1.82) is 0 Å². The fraction of sp³-hybridized carbons (Fsp3) is 0.290. The van der Waals surface area contributed by atoms with Gasteiger partial charge in [-0.15, -0.1) is 0 Å². The molecule has 3 rings (SSSR count). The molecule has 222 valence electrons. The van der Waals surface area contributed by atoms with Crippen molar-refractivity contribution in [2.75, 3.05) is 0 Å². The highest BCUT2D eigenvalue weighted by Crippen LogP contribution is 2.22. The molecule has 0 saturated carbocycles. The van der Waals surface area contributed by atoms with Gasteiger partial charge in [0.2, 0.25) is 11.7 Å². The van der Waals surface area contributed by atoms with Crippen molar-refractivity contribution in [3.05, 3.63) is 102 Å². The first kappa shape index (κ1) is 31.7. The molecule has 0 spiro atoms.